The van der Waals surface area contributed by atoms with Gasteiger partial charge in [0, 0.05) is 6.07 Å². The largest absolute Gasteiger partial charge is 0.481 e. The van der Waals surface area contributed by atoms with Crippen LogP contribution >= 0.6 is 0 Å². The van der Waals surface area contributed by atoms with Crippen LogP contribution in [0.15, 0.2) is 18.2 Å². The predicted molar refractivity (Wildman–Crippen MR) is 67.6 cm³/mol. The standard InChI is InChI=1S/C13H11F4NO5/c14-12(15)22-5-1-2-8(9(3-5)23-13(16)17)18-10(19)6-4-7(6)11(20)21/h1-3,6-7,12-13H,4H2,(H,18,19)(H,20,21). The molecule has 1 aliphatic carbocycles. The summed E-state index contributed by atoms with van der Waals surface area (Å²) in [6, 6.07) is 2.85. The number of rotatable bonds is 7. The first-order chi connectivity index (χ1) is 10.8. The molecule has 0 aliphatic heterocycles. The maximum absolute atomic E-state index is 12.4. The first kappa shape index (κ1) is 16.8. The van der Waals surface area contributed by atoms with Gasteiger partial charge < -0.3 is 19.9 Å². The smallest absolute Gasteiger partial charge is 0.387 e. The van der Waals surface area contributed by atoms with Crippen molar-refractivity contribution in [1.82, 2.24) is 0 Å². The van der Waals surface area contributed by atoms with Crippen LogP contribution in [0.3, 0.4) is 0 Å². The molecule has 126 valence electrons. The van der Waals surface area contributed by atoms with E-state index in [0.29, 0.717) is 0 Å². The Morgan fingerprint density at radius 2 is 1.78 bits per heavy atom. The Balaban J connectivity index is 2.13. The minimum Gasteiger partial charge on any atom is -0.481 e. The molecular weight excluding hydrogens is 326 g/mol. The summed E-state index contributed by atoms with van der Waals surface area (Å²) in [6.45, 7) is -6.40. The van der Waals surface area contributed by atoms with Gasteiger partial charge in [-0.15, -0.1) is 0 Å². The van der Waals surface area contributed by atoms with E-state index >= 15 is 0 Å². The van der Waals surface area contributed by atoms with Gasteiger partial charge in [0.05, 0.1) is 17.5 Å². The summed E-state index contributed by atoms with van der Waals surface area (Å²) >= 11 is 0. The van der Waals surface area contributed by atoms with Crippen molar-refractivity contribution in [2.75, 3.05) is 5.32 Å². The molecule has 0 saturated heterocycles. The SMILES string of the molecule is O=C(O)C1CC1C(=O)Nc1ccc(OC(F)F)cc1OC(F)F. The normalized spacial score (nSPS) is 19.6. The maximum Gasteiger partial charge on any atom is 0.387 e. The molecule has 6 nitrogen and oxygen atoms in total. The Morgan fingerprint density at radius 3 is 2.30 bits per heavy atom. The van der Waals surface area contributed by atoms with Crippen LogP contribution in [0.4, 0.5) is 23.2 Å². The molecule has 10 heteroatoms. The summed E-state index contributed by atoms with van der Waals surface area (Å²) in [6.07, 6.45) is 0.138. The Labute approximate surface area is 127 Å². The van der Waals surface area contributed by atoms with Gasteiger partial charge in [0.25, 0.3) is 0 Å². The van der Waals surface area contributed by atoms with Gasteiger partial charge >= 0.3 is 19.2 Å². The molecule has 0 spiro atoms. The van der Waals surface area contributed by atoms with E-state index in [2.05, 4.69) is 14.8 Å². The highest BCUT2D eigenvalue weighted by molar-refractivity contribution is 5.99. The fraction of sp³-hybridized carbons (Fsp3) is 0.385. The molecule has 1 fully saturated rings. The average Bonchev–Trinajstić information content (AvgIpc) is 3.20. The van der Waals surface area contributed by atoms with Crippen LogP contribution < -0.4 is 14.8 Å². The Kier molecular flexibility index (Phi) is 4.92. The van der Waals surface area contributed by atoms with Crippen molar-refractivity contribution in [3.05, 3.63) is 18.2 Å². The molecular formula is C13H11F4NO5. The lowest BCUT2D eigenvalue weighted by Gasteiger charge is -2.13. The van der Waals surface area contributed by atoms with Crippen molar-refractivity contribution >= 4 is 17.6 Å². The molecule has 0 heterocycles. The topological polar surface area (TPSA) is 84.9 Å². The molecule has 1 amide bonds. The summed E-state index contributed by atoms with van der Waals surface area (Å²) in [5.74, 6) is -4.41. The maximum atomic E-state index is 12.4. The highest BCUT2D eigenvalue weighted by atomic mass is 19.3. The van der Waals surface area contributed by atoms with Crippen LogP contribution in [0.2, 0.25) is 0 Å². The average molecular weight is 337 g/mol. The number of ether oxygens (including phenoxy) is 2. The second-order valence-electron chi connectivity index (χ2n) is 4.69. The number of amides is 1. The van der Waals surface area contributed by atoms with E-state index in [0.717, 1.165) is 18.2 Å². The van der Waals surface area contributed by atoms with Crippen molar-refractivity contribution < 1.29 is 41.7 Å². The molecule has 2 atom stereocenters. The monoisotopic (exact) mass is 337 g/mol. The van der Waals surface area contributed by atoms with Crippen molar-refractivity contribution in [3.8, 4) is 11.5 Å². The highest BCUT2D eigenvalue weighted by Crippen LogP contribution is 2.40. The van der Waals surface area contributed by atoms with E-state index in [4.69, 9.17) is 5.11 Å². The second-order valence-corrected chi connectivity index (χ2v) is 4.69. The molecule has 1 aromatic carbocycles. The number of hydrogen-bond acceptors (Lipinski definition) is 4. The molecule has 1 aromatic rings. The van der Waals surface area contributed by atoms with Crippen LogP contribution in [-0.2, 0) is 9.59 Å². The molecule has 23 heavy (non-hydrogen) atoms. The number of alkyl halides is 4. The number of aliphatic carboxylic acids is 1. The number of carboxylic acid groups (broad SMARTS) is 1. The number of nitrogens with one attached hydrogen (secondary N) is 1. The summed E-state index contributed by atoms with van der Waals surface area (Å²) in [7, 11) is 0. The van der Waals surface area contributed by atoms with Gasteiger partial charge in [0.2, 0.25) is 5.91 Å². The van der Waals surface area contributed by atoms with Crippen molar-refractivity contribution in [2.45, 2.75) is 19.6 Å². The first-order valence-electron chi connectivity index (χ1n) is 6.35. The molecule has 2 N–H and O–H groups in total. The Bertz CT molecular complexity index is 610. The van der Waals surface area contributed by atoms with Gasteiger partial charge in [-0.05, 0) is 18.6 Å². The van der Waals surface area contributed by atoms with Gasteiger partial charge in [0.1, 0.15) is 5.75 Å². The van der Waals surface area contributed by atoms with E-state index in [1.165, 1.54) is 0 Å². The van der Waals surface area contributed by atoms with E-state index in [9.17, 15) is 27.2 Å². The third-order valence-electron chi connectivity index (χ3n) is 3.10. The zero-order chi connectivity index (χ0) is 17.1. The zero-order valence-corrected chi connectivity index (χ0v) is 11.3. The van der Waals surface area contributed by atoms with Crippen LogP contribution in [0, 0.1) is 11.8 Å². The number of carbonyl (C=O) groups excluding carboxylic acids is 1. The predicted octanol–water partition coefficient (Wildman–Crippen LogP) is 2.55. The van der Waals surface area contributed by atoms with Crippen molar-refractivity contribution in [1.29, 1.82) is 0 Å². The highest BCUT2D eigenvalue weighted by Gasteiger charge is 2.48. The fourth-order valence-electron chi connectivity index (χ4n) is 1.96. The van der Waals surface area contributed by atoms with Gasteiger partial charge in [-0.2, -0.15) is 17.6 Å². The molecule has 2 rings (SSSR count). The molecule has 2 unspecified atom stereocenters. The second kappa shape index (κ2) is 6.71. The summed E-state index contributed by atoms with van der Waals surface area (Å²) < 4.78 is 57.2. The van der Waals surface area contributed by atoms with Crippen molar-refractivity contribution in [2.24, 2.45) is 11.8 Å². The van der Waals surface area contributed by atoms with E-state index in [1.54, 1.807) is 0 Å². The first-order valence-corrected chi connectivity index (χ1v) is 6.35. The number of carboxylic acids is 1. The summed E-state index contributed by atoms with van der Waals surface area (Å²) in [5, 5.41) is 11.0. The molecule has 0 bridgehead atoms. The zero-order valence-electron chi connectivity index (χ0n) is 11.3. The van der Waals surface area contributed by atoms with E-state index in [1.807, 2.05) is 0 Å². The lowest BCUT2D eigenvalue weighted by molar-refractivity contribution is -0.139. The van der Waals surface area contributed by atoms with Gasteiger partial charge in [0.15, 0.2) is 5.75 Å². The number of benzene rings is 1. The molecule has 0 radical (unpaired) electrons. The molecule has 0 aromatic heterocycles. The van der Waals surface area contributed by atoms with Crippen LogP contribution in [0.25, 0.3) is 0 Å². The fourth-order valence-corrected chi connectivity index (χ4v) is 1.96. The third kappa shape index (κ3) is 4.47. The lowest BCUT2D eigenvalue weighted by Crippen LogP contribution is -2.18. The third-order valence-corrected chi connectivity index (χ3v) is 3.10. The van der Waals surface area contributed by atoms with Crippen LogP contribution in [0.1, 0.15) is 6.42 Å². The number of halogens is 4. The lowest BCUT2D eigenvalue weighted by atomic mass is 10.2. The van der Waals surface area contributed by atoms with Crippen LogP contribution in [-0.4, -0.2) is 30.2 Å². The number of hydrogen-bond donors (Lipinski definition) is 2. The molecule has 1 aliphatic rings. The summed E-state index contributed by atoms with van der Waals surface area (Å²) in [4.78, 5) is 22.5. The number of carbonyl (C=O) groups is 2. The Hall–Kier alpha value is -2.52. The minimum absolute atomic E-state index is 0.138. The van der Waals surface area contributed by atoms with Gasteiger partial charge in [-0.1, -0.05) is 0 Å². The quantitative estimate of drug-likeness (QED) is 0.747. The summed E-state index contributed by atoms with van der Waals surface area (Å²) in [5.41, 5.74) is -0.201. The minimum atomic E-state index is -3.25. The van der Waals surface area contributed by atoms with Gasteiger partial charge in [-0.3, -0.25) is 9.59 Å². The van der Waals surface area contributed by atoms with Gasteiger partial charge in [-0.25, -0.2) is 0 Å². The van der Waals surface area contributed by atoms with E-state index < -0.39 is 48.4 Å². The Morgan fingerprint density at radius 1 is 1.13 bits per heavy atom. The molecule has 1 saturated carbocycles. The number of anilines is 1. The van der Waals surface area contributed by atoms with Crippen LogP contribution in [0.5, 0.6) is 11.5 Å². The van der Waals surface area contributed by atoms with Crippen molar-refractivity contribution in [3.63, 3.8) is 0 Å². The van der Waals surface area contributed by atoms with E-state index in [-0.39, 0.29) is 12.1 Å².